The Kier molecular flexibility index (Phi) is 15.5. The Balaban J connectivity index is 0.000000224. The number of carboxylic acid groups (broad SMARTS) is 1. The summed E-state index contributed by atoms with van der Waals surface area (Å²) in [6, 6.07) is 21.9. The highest BCUT2D eigenvalue weighted by molar-refractivity contribution is 5.98. The molecule has 0 bridgehead atoms. The minimum absolute atomic E-state index is 0.132. The fourth-order valence-corrected chi connectivity index (χ4v) is 7.44. The number of carboxylic acids is 1. The molecule has 0 aromatic heterocycles. The summed E-state index contributed by atoms with van der Waals surface area (Å²) >= 11 is 0. The number of hydrogen-bond acceptors (Lipinski definition) is 9. The second-order valence-corrected chi connectivity index (χ2v) is 14.7. The molecule has 0 spiro atoms. The molecule has 3 N–H and O–H groups in total. The molecule has 0 aliphatic carbocycles. The van der Waals surface area contributed by atoms with Gasteiger partial charge in [-0.05, 0) is 121 Å². The normalized spacial score (nSPS) is 15.6. The highest BCUT2D eigenvalue weighted by Gasteiger charge is 2.29. The second kappa shape index (κ2) is 20.7. The summed E-state index contributed by atoms with van der Waals surface area (Å²) < 4.78 is 41.3. The number of aliphatic carboxylic acids is 1. The van der Waals surface area contributed by atoms with Gasteiger partial charge in [-0.1, -0.05) is 36.4 Å². The summed E-state index contributed by atoms with van der Waals surface area (Å²) in [5.41, 5.74) is 3.11. The molecule has 14 heteroatoms. The summed E-state index contributed by atoms with van der Waals surface area (Å²) in [5, 5.41) is 28.9. The highest BCUT2D eigenvalue weighted by Crippen LogP contribution is 2.30. The van der Waals surface area contributed by atoms with Crippen LogP contribution in [0.15, 0.2) is 84.9 Å². The summed E-state index contributed by atoms with van der Waals surface area (Å²) in [5.74, 6) is -1.56. The van der Waals surface area contributed by atoms with Gasteiger partial charge in [0.05, 0.1) is 32.5 Å². The van der Waals surface area contributed by atoms with Crippen LogP contribution in [0.4, 0.5) is 8.78 Å². The van der Waals surface area contributed by atoms with Crippen molar-refractivity contribution in [3.05, 3.63) is 130 Å². The zero-order valence-electron chi connectivity index (χ0n) is 33.3. The van der Waals surface area contributed by atoms with Crippen molar-refractivity contribution >= 4 is 23.8 Å². The lowest BCUT2D eigenvalue weighted by Gasteiger charge is -2.32. The minimum atomic E-state index is -1.70. The number of rotatable bonds is 12. The Hall–Kier alpha value is -5.86. The first kappa shape index (κ1) is 44.2. The number of hydrogen-bond donors (Lipinski definition) is 3. The third kappa shape index (κ3) is 11.6. The fraction of sp³-hybridized carbons (Fsp3) is 0.378. The van der Waals surface area contributed by atoms with Gasteiger partial charge in [-0.25, -0.2) is 18.4 Å². The van der Waals surface area contributed by atoms with Crippen LogP contribution in [-0.4, -0.2) is 96.4 Å². The van der Waals surface area contributed by atoms with Crippen molar-refractivity contribution in [1.82, 2.24) is 9.80 Å². The topological polar surface area (TPSA) is 163 Å². The van der Waals surface area contributed by atoms with Gasteiger partial charge in [-0.2, -0.15) is 0 Å². The first-order valence-corrected chi connectivity index (χ1v) is 19.4. The number of carbonyl (C=O) groups is 4. The van der Waals surface area contributed by atoms with E-state index in [1.54, 1.807) is 40.1 Å². The molecule has 0 saturated carbocycles. The molecular formula is C45H50F2N2O10. The number of amides is 2. The lowest BCUT2D eigenvalue weighted by atomic mass is 9.90. The molecule has 2 amide bonds. The number of piperidine rings is 2. The van der Waals surface area contributed by atoms with Gasteiger partial charge in [0.1, 0.15) is 23.1 Å². The van der Waals surface area contributed by atoms with Crippen LogP contribution in [-0.2, 0) is 27.2 Å². The molecule has 2 heterocycles. The number of methoxy groups -OCH3 is 3. The van der Waals surface area contributed by atoms with Crippen molar-refractivity contribution in [3.8, 4) is 11.5 Å². The third-order valence-corrected chi connectivity index (χ3v) is 10.9. The molecule has 2 saturated heterocycles. The number of ether oxygens (including phenoxy) is 3. The smallest absolute Gasteiger partial charge is 0.339 e. The van der Waals surface area contributed by atoms with E-state index in [9.17, 15) is 38.2 Å². The maximum Gasteiger partial charge on any atom is 0.339 e. The van der Waals surface area contributed by atoms with Crippen LogP contribution in [0, 0.1) is 23.5 Å². The number of nitrogens with zero attached hydrogens (tertiary/aromatic N) is 2. The number of halogens is 2. The predicted octanol–water partition coefficient (Wildman–Crippen LogP) is 6.18. The van der Waals surface area contributed by atoms with E-state index in [2.05, 4.69) is 4.74 Å². The number of esters is 1. The van der Waals surface area contributed by atoms with E-state index in [1.165, 1.54) is 75.9 Å². The average Bonchev–Trinajstić information content (AvgIpc) is 3.26. The molecule has 4 aromatic rings. The minimum Gasteiger partial charge on any atom is -0.496 e. The second-order valence-electron chi connectivity index (χ2n) is 14.7. The SMILES string of the molecule is COC(=O)C(O)c1ccc(OC)c(C(=O)N2CCC(Cc3ccc(F)cc3)CC2)c1.COc1ccc(C(O)C(=O)O)cc1C(=O)N1CCC(Cc2ccc(F)cc2)CC1. The van der Waals surface area contributed by atoms with Crippen LogP contribution in [0.25, 0.3) is 0 Å². The summed E-state index contributed by atoms with van der Waals surface area (Å²) in [6.45, 7) is 2.33. The van der Waals surface area contributed by atoms with Crippen LogP contribution < -0.4 is 9.47 Å². The van der Waals surface area contributed by atoms with Crippen molar-refractivity contribution in [1.29, 1.82) is 0 Å². The van der Waals surface area contributed by atoms with Crippen LogP contribution in [0.5, 0.6) is 11.5 Å². The quantitative estimate of drug-likeness (QED) is 0.141. The number of benzene rings is 4. The Morgan fingerprint density at radius 1 is 0.610 bits per heavy atom. The number of likely N-dealkylation sites (tertiary alicyclic amines) is 2. The van der Waals surface area contributed by atoms with Crippen LogP contribution in [0.2, 0.25) is 0 Å². The zero-order valence-corrected chi connectivity index (χ0v) is 33.3. The van der Waals surface area contributed by atoms with Crippen molar-refractivity contribution in [3.63, 3.8) is 0 Å². The monoisotopic (exact) mass is 816 g/mol. The molecule has 4 aromatic carbocycles. The summed E-state index contributed by atoms with van der Waals surface area (Å²) in [7, 11) is 4.10. The van der Waals surface area contributed by atoms with Crippen molar-refractivity contribution in [2.45, 2.75) is 50.7 Å². The maximum absolute atomic E-state index is 13.1. The van der Waals surface area contributed by atoms with Crippen molar-refractivity contribution in [2.24, 2.45) is 11.8 Å². The van der Waals surface area contributed by atoms with Gasteiger partial charge in [0.25, 0.3) is 11.8 Å². The van der Waals surface area contributed by atoms with E-state index < -0.39 is 24.1 Å². The first-order valence-electron chi connectivity index (χ1n) is 19.4. The molecule has 2 fully saturated rings. The van der Waals surface area contributed by atoms with E-state index in [0.717, 1.165) is 49.7 Å². The van der Waals surface area contributed by atoms with Gasteiger partial charge in [0.15, 0.2) is 12.2 Å². The zero-order chi connectivity index (χ0) is 42.6. The number of aliphatic hydroxyl groups is 2. The highest BCUT2D eigenvalue weighted by atomic mass is 19.1. The van der Waals surface area contributed by atoms with Gasteiger partial charge in [0, 0.05) is 26.2 Å². The molecule has 2 unspecified atom stereocenters. The van der Waals surface area contributed by atoms with E-state index in [0.29, 0.717) is 55.1 Å². The lowest BCUT2D eigenvalue weighted by Crippen LogP contribution is -2.39. The molecular weight excluding hydrogens is 766 g/mol. The predicted molar refractivity (Wildman–Crippen MR) is 213 cm³/mol. The number of carbonyl (C=O) groups excluding carboxylic acids is 3. The summed E-state index contributed by atoms with van der Waals surface area (Å²) in [4.78, 5) is 52.3. The summed E-state index contributed by atoms with van der Waals surface area (Å²) in [6.07, 6.45) is 1.86. The standard InChI is InChI=1S/C23H26FNO5.C22H24FNO5/c1-29-20-8-5-17(21(26)23(28)30-2)14-19(20)22(27)25-11-9-16(10-12-25)13-15-3-6-18(24)7-4-15;1-29-19-7-4-16(20(25)22(27)28)13-18(19)21(26)24-10-8-15(9-11-24)12-14-2-5-17(23)6-3-14/h3-8,14,16,21,26H,9-13H2,1-2H3;2-7,13,15,20,25H,8-12H2,1H3,(H,27,28). The van der Waals surface area contributed by atoms with Gasteiger partial charge in [0.2, 0.25) is 0 Å². The van der Waals surface area contributed by atoms with Gasteiger partial charge in [-0.15, -0.1) is 0 Å². The third-order valence-electron chi connectivity index (χ3n) is 10.9. The van der Waals surface area contributed by atoms with Crippen LogP contribution in [0.1, 0.15) is 80.9 Å². The Morgan fingerprint density at radius 2 is 0.983 bits per heavy atom. The van der Waals surface area contributed by atoms with E-state index >= 15 is 0 Å². The molecule has 12 nitrogen and oxygen atoms in total. The first-order chi connectivity index (χ1) is 28.3. The average molecular weight is 817 g/mol. The van der Waals surface area contributed by atoms with Gasteiger partial charge >= 0.3 is 11.9 Å². The van der Waals surface area contributed by atoms with E-state index in [-0.39, 0.29) is 40.1 Å². The van der Waals surface area contributed by atoms with Gasteiger partial charge < -0.3 is 39.3 Å². The van der Waals surface area contributed by atoms with Crippen LogP contribution in [0.3, 0.4) is 0 Å². The molecule has 2 atom stereocenters. The van der Waals surface area contributed by atoms with Crippen LogP contribution >= 0.6 is 0 Å². The molecule has 0 radical (unpaired) electrons. The largest absolute Gasteiger partial charge is 0.496 e. The van der Waals surface area contributed by atoms with Gasteiger partial charge in [-0.3, -0.25) is 9.59 Å². The van der Waals surface area contributed by atoms with E-state index in [4.69, 9.17) is 14.6 Å². The van der Waals surface area contributed by atoms with Crippen molar-refractivity contribution < 1.29 is 57.5 Å². The fourth-order valence-electron chi connectivity index (χ4n) is 7.44. The number of aliphatic hydroxyl groups excluding tert-OH is 2. The van der Waals surface area contributed by atoms with Crippen molar-refractivity contribution in [2.75, 3.05) is 47.5 Å². The maximum atomic E-state index is 13.1. The molecule has 59 heavy (non-hydrogen) atoms. The molecule has 6 rings (SSSR count). The molecule has 314 valence electrons. The Labute approximate surface area is 341 Å². The van der Waals surface area contributed by atoms with E-state index in [1.807, 2.05) is 0 Å². The molecule has 2 aliphatic heterocycles. The molecule has 2 aliphatic rings. The Bertz CT molecular complexity index is 2060. The Morgan fingerprint density at radius 3 is 1.32 bits per heavy atom. The lowest BCUT2D eigenvalue weighted by molar-refractivity contribution is -0.150.